The number of fused-ring (bicyclic) bond motifs is 1. The first-order chi connectivity index (χ1) is 13.5. The van der Waals surface area contributed by atoms with E-state index in [9.17, 15) is 8.78 Å². The van der Waals surface area contributed by atoms with Crippen molar-refractivity contribution in [3.8, 4) is 0 Å². The van der Waals surface area contributed by atoms with E-state index in [4.69, 9.17) is 0 Å². The lowest BCUT2D eigenvalue weighted by Gasteiger charge is -2.49. The molecule has 2 aliphatic heterocycles. The summed E-state index contributed by atoms with van der Waals surface area (Å²) in [4.78, 5) is 21.9. The van der Waals surface area contributed by atoms with Gasteiger partial charge in [0, 0.05) is 31.6 Å². The number of hydrogen-bond donors (Lipinski definition) is 0. The van der Waals surface area contributed by atoms with Crippen LogP contribution < -0.4 is 9.80 Å². The molecule has 3 aromatic rings. The molecule has 2 saturated heterocycles. The molecule has 0 aliphatic carbocycles. The van der Waals surface area contributed by atoms with Crippen molar-refractivity contribution >= 4 is 22.7 Å². The largest absolute Gasteiger partial charge is 0.368 e. The number of nitrogens with zero attached hydrogens (tertiary/aromatic N) is 8. The fourth-order valence-corrected chi connectivity index (χ4v) is 4.14. The number of hydrogen-bond acceptors (Lipinski definition) is 7. The molecule has 0 radical (unpaired) electrons. The van der Waals surface area contributed by atoms with Crippen LogP contribution in [0.15, 0.2) is 24.8 Å². The summed E-state index contributed by atoms with van der Waals surface area (Å²) in [5.74, 6) is 1.49. The molecule has 0 atom stereocenters. The van der Waals surface area contributed by atoms with Crippen LogP contribution in [0.2, 0.25) is 0 Å². The maximum atomic E-state index is 12.7. The summed E-state index contributed by atoms with van der Waals surface area (Å²) in [6.45, 7) is 5.06. The Morgan fingerprint density at radius 2 is 1.79 bits per heavy atom. The summed E-state index contributed by atoms with van der Waals surface area (Å²) in [7, 11) is 0. The van der Waals surface area contributed by atoms with Crippen LogP contribution in [0, 0.1) is 12.3 Å². The zero-order chi connectivity index (χ0) is 19.3. The first-order valence-corrected chi connectivity index (χ1v) is 9.27. The van der Waals surface area contributed by atoms with Gasteiger partial charge in [-0.2, -0.15) is 5.10 Å². The van der Waals surface area contributed by atoms with Crippen LogP contribution in [0.5, 0.6) is 0 Å². The Bertz CT molecular complexity index is 996. The van der Waals surface area contributed by atoms with Crippen LogP contribution >= 0.6 is 0 Å². The zero-order valence-corrected chi connectivity index (χ0v) is 15.5. The Balaban J connectivity index is 1.30. The van der Waals surface area contributed by atoms with Gasteiger partial charge in [0.25, 0.3) is 6.43 Å². The van der Waals surface area contributed by atoms with Gasteiger partial charge < -0.3 is 9.80 Å². The Labute approximate surface area is 160 Å². The molecule has 3 aromatic heterocycles. The highest BCUT2D eigenvalue weighted by Gasteiger charge is 2.48. The fraction of sp³-hybridized carbons (Fsp3) is 0.500. The normalized spacial score (nSPS) is 18.4. The van der Waals surface area contributed by atoms with Crippen LogP contribution in [-0.2, 0) is 6.54 Å². The van der Waals surface area contributed by atoms with E-state index < -0.39 is 13.0 Å². The quantitative estimate of drug-likeness (QED) is 0.678. The molecule has 5 heterocycles. The first-order valence-electron chi connectivity index (χ1n) is 9.27. The number of halogens is 2. The minimum atomic E-state index is -2.48. The molecular weight excluding hydrogens is 366 g/mol. The third kappa shape index (κ3) is 2.92. The van der Waals surface area contributed by atoms with Gasteiger partial charge in [-0.15, -0.1) is 0 Å². The fourth-order valence-electron chi connectivity index (χ4n) is 4.14. The summed E-state index contributed by atoms with van der Waals surface area (Å²) in [5.41, 5.74) is 2.20. The lowest BCUT2D eigenvalue weighted by atomic mass is 9.79. The van der Waals surface area contributed by atoms with E-state index in [-0.39, 0.29) is 5.41 Å². The molecule has 0 aromatic carbocycles. The van der Waals surface area contributed by atoms with E-state index in [1.165, 1.54) is 10.9 Å². The molecule has 0 saturated carbocycles. The summed E-state index contributed by atoms with van der Waals surface area (Å²) >= 11 is 0. The van der Waals surface area contributed by atoms with Gasteiger partial charge in [0.1, 0.15) is 23.7 Å². The summed E-state index contributed by atoms with van der Waals surface area (Å²) in [5, 5.41) is 3.98. The Morgan fingerprint density at radius 1 is 1.04 bits per heavy atom. The van der Waals surface area contributed by atoms with Gasteiger partial charge in [0.2, 0.25) is 0 Å². The molecule has 0 bridgehead atoms. The topological polar surface area (TPSA) is 75.9 Å². The molecule has 2 aliphatic rings. The van der Waals surface area contributed by atoms with Crippen LogP contribution in [-0.4, -0.2) is 62.3 Å². The van der Waals surface area contributed by atoms with E-state index in [1.54, 1.807) is 6.20 Å². The molecule has 10 heteroatoms. The van der Waals surface area contributed by atoms with Crippen molar-refractivity contribution in [2.75, 3.05) is 36.0 Å². The molecule has 0 amide bonds. The molecule has 146 valence electrons. The maximum absolute atomic E-state index is 12.7. The highest BCUT2D eigenvalue weighted by Crippen LogP contribution is 2.42. The smallest absolute Gasteiger partial charge is 0.258 e. The molecule has 1 spiro atoms. The minimum Gasteiger partial charge on any atom is -0.368 e. The van der Waals surface area contributed by atoms with E-state index in [0.29, 0.717) is 11.2 Å². The van der Waals surface area contributed by atoms with Crippen molar-refractivity contribution in [1.29, 1.82) is 0 Å². The SMILES string of the molecule is Cc1ncc(N2CC3(CCN(c4cnc5cnn(CC(F)F)c5n4)C3)C2)cn1. The zero-order valence-electron chi connectivity index (χ0n) is 15.5. The van der Waals surface area contributed by atoms with Crippen LogP contribution in [0.25, 0.3) is 11.2 Å². The van der Waals surface area contributed by atoms with E-state index in [0.717, 1.165) is 49.9 Å². The molecule has 5 rings (SSSR count). The molecule has 2 fully saturated rings. The second-order valence-electron chi connectivity index (χ2n) is 7.67. The Kier molecular flexibility index (Phi) is 3.88. The standard InChI is InChI=1S/C18H20F2N8/c1-12-21-4-13(5-22-12)27-10-18(11-27)2-3-26(9-18)16-7-23-14-6-24-28(8-15(19)20)17(14)25-16/h4-7,15H,2-3,8-11H2,1H3. The number of rotatable bonds is 4. The highest BCUT2D eigenvalue weighted by molar-refractivity contribution is 5.71. The van der Waals surface area contributed by atoms with Gasteiger partial charge >= 0.3 is 0 Å². The molecule has 28 heavy (non-hydrogen) atoms. The van der Waals surface area contributed by atoms with Crippen LogP contribution in [0.4, 0.5) is 20.3 Å². The Hall–Kier alpha value is -2.91. The van der Waals surface area contributed by atoms with Crippen molar-refractivity contribution in [3.05, 3.63) is 30.6 Å². The Morgan fingerprint density at radius 3 is 2.54 bits per heavy atom. The molecule has 8 nitrogen and oxygen atoms in total. The van der Waals surface area contributed by atoms with Gasteiger partial charge in [-0.05, 0) is 13.3 Å². The maximum Gasteiger partial charge on any atom is 0.258 e. The number of anilines is 2. The lowest BCUT2D eigenvalue weighted by Crippen LogP contribution is -2.57. The van der Waals surface area contributed by atoms with Crippen molar-refractivity contribution in [3.63, 3.8) is 0 Å². The highest BCUT2D eigenvalue weighted by atomic mass is 19.3. The molecule has 0 unspecified atom stereocenters. The molecular formula is C18H20F2N8. The van der Waals surface area contributed by atoms with Crippen molar-refractivity contribution in [1.82, 2.24) is 29.7 Å². The predicted molar refractivity (Wildman–Crippen MR) is 99.6 cm³/mol. The summed E-state index contributed by atoms with van der Waals surface area (Å²) < 4.78 is 26.7. The molecule has 0 N–H and O–H groups in total. The van der Waals surface area contributed by atoms with Gasteiger partial charge in [-0.25, -0.2) is 33.4 Å². The van der Waals surface area contributed by atoms with Gasteiger partial charge in [0.15, 0.2) is 5.65 Å². The number of aromatic nitrogens is 6. The van der Waals surface area contributed by atoms with Gasteiger partial charge in [-0.3, -0.25) is 0 Å². The number of aryl methyl sites for hydroxylation is 1. The minimum absolute atomic E-state index is 0.213. The van der Waals surface area contributed by atoms with Gasteiger partial charge in [-0.1, -0.05) is 0 Å². The predicted octanol–water partition coefficient (Wildman–Crippen LogP) is 1.91. The third-order valence-corrected chi connectivity index (χ3v) is 5.59. The summed E-state index contributed by atoms with van der Waals surface area (Å²) in [6, 6.07) is 0. The van der Waals surface area contributed by atoms with Crippen molar-refractivity contribution < 1.29 is 8.78 Å². The van der Waals surface area contributed by atoms with Crippen LogP contribution in [0.3, 0.4) is 0 Å². The average molecular weight is 386 g/mol. The first kappa shape index (κ1) is 17.2. The second-order valence-corrected chi connectivity index (χ2v) is 7.67. The third-order valence-electron chi connectivity index (χ3n) is 5.59. The van der Waals surface area contributed by atoms with Crippen LogP contribution in [0.1, 0.15) is 12.2 Å². The summed E-state index contributed by atoms with van der Waals surface area (Å²) in [6.07, 6.45) is 5.51. The van der Waals surface area contributed by atoms with Crippen molar-refractivity contribution in [2.24, 2.45) is 5.41 Å². The van der Waals surface area contributed by atoms with E-state index in [1.807, 2.05) is 19.3 Å². The average Bonchev–Trinajstić information content (AvgIpc) is 3.26. The number of alkyl halides is 2. The monoisotopic (exact) mass is 386 g/mol. The van der Waals surface area contributed by atoms with Gasteiger partial charge in [0.05, 0.1) is 30.5 Å². The van der Waals surface area contributed by atoms with E-state index in [2.05, 4.69) is 34.8 Å². The van der Waals surface area contributed by atoms with E-state index >= 15 is 0 Å². The van der Waals surface area contributed by atoms with Crippen molar-refractivity contribution in [2.45, 2.75) is 26.3 Å². The lowest BCUT2D eigenvalue weighted by molar-refractivity contribution is 0.123. The second kappa shape index (κ2) is 6.32.